The zero-order valence-corrected chi connectivity index (χ0v) is 8.55. The third-order valence-electron chi connectivity index (χ3n) is 1.99. The highest BCUT2D eigenvalue weighted by Crippen LogP contribution is 2.07. The predicted molar refractivity (Wildman–Crippen MR) is 57.3 cm³/mol. The lowest BCUT2D eigenvalue weighted by Gasteiger charge is -2.01. The molecule has 1 unspecified atom stereocenters. The first-order valence-electron chi connectivity index (χ1n) is 5.08. The summed E-state index contributed by atoms with van der Waals surface area (Å²) in [4.78, 5) is 0. The molecule has 0 aliphatic rings. The van der Waals surface area contributed by atoms with Gasteiger partial charge in [-0.05, 0) is 31.6 Å². The van der Waals surface area contributed by atoms with Gasteiger partial charge in [-0.1, -0.05) is 38.5 Å². The summed E-state index contributed by atoms with van der Waals surface area (Å²) in [6.07, 6.45) is 12.8. The summed E-state index contributed by atoms with van der Waals surface area (Å²) >= 11 is 0. The highest BCUT2D eigenvalue weighted by Gasteiger charge is 1.92. The Morgan fingerprint density at radius 3 is 2.67 bits per heavy atom. The molecule has 12 heavy (non-hydrogen) atoms. The van der Waals surface area contributed by atoms with E-state index in [1.165, 1.54) is 25.7 Å². The Bertz CT molecular complexity index is 122. The number of rotatable bonds is 7. The standard InChI is InChI=1S/C12H22/c1-4-6-7-8-9-11-12(3)10-5-2/h4,9,11-12H,1,5-8,10H2,2-3H3. The summed E-state index contributed by atoms with van der Waals surface area (Å²) in [5.74, 6) is 0.763. The normalized spacial score (nSPS) is 13.5. The Labute approximate surface area is 77.4 Å². The van der Waals surface area contributed by atoms with Crippen molar-refractivity contribution >= 4 is 0 Å². The highest BCUT2D eigenvalue weighted by molar-refractivity contribution is 4.86. The molecular formula is C12H22. The molecular weight excluding hydrogens is 144 g/mol. The van der Waals surface area contributed by atoms with Crippen LogP contribution in [0.15, 0.2) is 24.8 Å². The molecule has 0 aromatic heterocycles. The lowest BCUT2D eigenvalue weighted by molar-refractivity contribution is 0.631. The van der Waals surface area contributed by atoms with Crippen LogP contribution in [0, 0.1) is 5.92 Å². The molecule has 70 valence electrons. The van der Waals surface area contributed by atoms with Crippen molar-refractivity contribution < 1.29 is 0 Å². The first-order valence-corrected chi connectivity index (χ1v) is 5.08. The number of allylic oxidation sites excluding steroid dienone is 3. The lowest BCUT2D eigenvalue weighted by Crippen LogP contribution is -1.86. The van der Waals surface area contributed by atoms with E-state index in [2.05, 4.69) is 32.6 Å². The zero-order valence-electron chi connectivity index (χ0n) is 8.55. The van der Waals surface area contributed by atoms with Crippen LogP contribution >= 0.6 is 0 Å². The Balaban J connectivity index is 3.27. The highest BCUT2D eigenvalue weighted by atomic mass is 14.0. The molecule has 0 amide bonds. The maximum atomic E-state index is 3.70. The second-order valence-corrected chi connectivity index (χ2v) is 3.41. The van der Waals surface area contributed by atoms with Gasteiger partial charge in [0.25, 0.3) is 0 Å². The largest absolute Gasteiger partial charge is 0.103 e. The monoisotopic (exact) mass is 166 g/mol. The Morgan fingerprint density at radius 2 is 2.08 bits per heavy atom. The van der Waals surface area contributed by atoms with Crippen molar-refractivity contribution in [3.8, 4) is 0 Å². The van der Waals surface area contributed by atoms with Gasteiger partial charge < -0.3 is 0 Å². The van der Waals surface area contributed by atoms with Crippen LogP contribution in [-0.4, -0.2) is 0 Å². The van der Waals surface area contributed by atoms with E-state index in [9.17, 15) is 0 Å². The first-order chi connectivity index (χ1) is 5.81. The smallest absolute Gasteiger partial charge is 0.0262 e. The van der Waals surface area contributed by atoms with Crippen LogP contribution in [0.2, 0.25) is 0 Å². The molecule has 0 nitrogen and oxygen atoms in total. The summed E-state index contributed by atoms with van der Waals surface area (Å²) in [6, 6.07) is 0. The molecule has 0 aromatic carbocycles. The van der Waals surface area contributed by atoms with Gasteiger partial charge in [0.05, 0.1) is 0 Å². The third-order valence-corrected chi connectivity index (χ3v) is 1.99. The van der Waals surface area contributed by atoms with Crippen molar-refractivity contribution in [2.75, 3.05) is 0 Å². The second kappa shape index (κ2) is 8.58. The van der Waals surface area contributed by atoms with E-state index < -0.39 is 0 Å². The van der Waals surface area contributed by atoms with E-state index in [0.717, 1.165) is 12.3 Å². The quantitative estimate of drug-likeness (QED) is 0.390. The van der Waals surface area contributed by atoms with E-state index in [4.69, 9.17) is 0 Å². The van der Waals surface area contributed by atoms with Crippen LogP contribution < -0.4 is 0 Å². The third kappa shape index (κ3) is 7.59. The van der Waals surface area contributed by atoms with E-state index in [1.54, 1.807) is 0 Å². The number of hydrogen-bond donors (Lipinski definition) is 0. The number of unbranched alkanes of at least 4 members (excludes halogenated alkanes) is 2. The van der Waals surface area contributed by atoms with Gasteiger partial charge >= 0.3 is 0 Å². The fraction of sp³-hybridized carbons (Fsp3) is 0.667. The Hall–Kier alpha value is -0.520. The van der Waals surface area contributed by atoms with Gasteiger partial charge in [0.15, 0.2) is 0 Å². The summed E-state index contributed by atoms with van der Waals surface area (Å²) in [5, 5.41) is 0. The van der Waals surface area contributed by atoms with Crippen molar-refractivity contribution in [3.63, 3.8) is 0 Å². The molecule has 0 radical (unpaired) electrons. The van der Waals surface area contributed by atoms with Crippen molar-refractivity contribution in [2.24, 2.45) is 5.92 Å². The van der Waals surface area contributed by atoms with E-state index in [-0.39, 0.29) is 0 Å². The van der Waals surface area contributed by atoms with Gasteiger partial charge in [-0.25, -0.2) is 0 Å². The molecule has 0 saturated heterocycles. The van der Waals surface area contributed by atoms with Crippen LogP contribution in [0.3, 0.4) is 0 Å². The summed E-state index contributed by atoms with van der Waals surface area (Å²) < 4.78 is 0. The molecule has 0 aliphatic heterocycles. The molecule has 0 bridgehead atoms. The van der Waals surface area contributed by atoms with Crippen molar-refractivity contribution in [1.29, 1.82) is 0 Å². The minimum absolute atomic E-state index is 0.763. The van der Waals surface area contributed by atoms with Crippen LogP contribution in [-0.2, 0) is 0 Å². The van der Waals surface area contributed by atoms with Crippen LogP contribution in [0.4, 0.5) is 0 Å². The average Bonchev–Trinajstić information content (AvgIpc) is 2.05. The van der Waals surface area contributed by atoms with Crippen molar-refractivity contribution in [1.82, 2.24) is 0 Å². The average molecular weight is 166 g/mol. The first kappa shape index (κ1) is 11.5. The molecule has 0 N–H and O–H groups in total. The van der Waals surface area contributed by atoms with E-state index >= 15 is 0 Å². The minimum atomic E-state index is 0.763. The van der Waals surface area contributed by atoms with Gasteiger partial charge in [-0.2, -0.15) is 0 Å². The summed E-state index contributed by atoms with van der Waals surface area (Å²) in [7, 11) is 0. The van der Waals surface area contributed by atoms with Gasteiger partial charge in [0.1, 0.15) is 0 Å². The molecule has 0 heterocycles. The molecule has 1 atom stereocenters. The fourth-order valence-electron chi connectivity index (χ4n) is 1.26. The SMILES string of the molecule is C=CCCCC=CC(C)CCC. The van der Waals surface area contributed by atoms with Crippen LogP contribution in [0.1, 0.15) is 46.0 Å². The summed E-state index contributed by atoms with van der Waals surface area (Å²) in [5.41, 5.74) is 0. The minimum Gasteiger partial charge on any atom is -0.103 e. The maximum absolute atomic E-state index is 3.70. The van der Waals surface area contributed by atoms with Crippen molar-refractivity contribution in [2.45, 2.75) is 46.0 Å². The lowest BCUT2D eigenvalue weighted by atomic mass is 10.1. The fourth-order valence-corrected chi connectivity index (χ4v) is 1.26. The van der Waals surface area contributed by atoms with Gasteiger partial charge in [0, 0.05) is 0 Å². The van der Waals surface area contributed by atoms with Gasteiger partial charge in [0.2, 0.25) is 0 Å². The van der Waals surface area contributed by atoms with Gasteiger partial charge in [-0.15, -0.1) is 6.58 Å². The van der Waals surface area contributed by atoms with E-state index in [1.807, 2.05) is 6.08 Å². The number of hydrogen-bond acceptors (Lipinski definition) is 0. The molecule has 0 aromatic rings. The molecule has 0 heteroatoms. The molecule has 0 spiro atoms. The summed E-state index contributed by atoms with van der Waals surface area (Å²) in [6.45, 7) is 8.22. The maximum Gasteiger partial charge on any atom is -0.0262 e. The van der Waals surface area contributed by atoms with Crippen LogP contribution in [0.25, 0.3) is 0 Å². The van der Waals surface area contributed by atoms with E-state index in [0.29, 0.717) is 0 Å². The van der Waals surface area contributed by atoms with Crippen molar-refractivity contribution in [3.05, 3.63) is 24.8 Å². The second-order valence-electron chi connectivity index (χ2n) is 3.41. The Morgan fingerprint density at radius 1 is 1.33 bits per heavy atom. The molecule has 0 fully saturated rings. The topological polar surface area (TPSA) is 0 Å². The molecule has 0 saturated carbocycles. The molecule has 0 aliphatic carbocycles. The Kier molecular flexibility index (Phi) is 8.20. The zero-order chi connectivity index (χ0) is 9.23. The van der Waals surface area contributed by atoms with Gasteiger partial charge in [-0.3, -0.25) is 0 Å². The predicted octanol–water partition coefficient (Wildman–Crippen LogP) is 4.34. The van der Waals surface area contributed by atoms with Crippen LogP contribution in [0.5, 0.6) is 0 Å². The molecule has 0 rings (SSSR count).